The molecule has 0 spiro atoms. The molecule has 0 bridgehead atoms. The van der Waals surface area contributed by atoms with Crippen molar-refractivity contribution < 1.29 is 17.9 Å². The minimum absolute atomic E-state index is 0.138. The van der Waals surface area contributed by atoms with Gasteiger partial charge in [0, 0.05) is 11.3 Å². The summed E-state index contributed by atoms with van der Waals surface area (Å²) < 4.78 is 32.0. The van der Waals surface area contributed by atoms with Crippen molar-refractivity contribution in [1.82, 2.24) is 4.72 Å². The lowest BCUT2D eigenvalue weighted by atomic mass is 10.2. The molecule has 0 radical (unpaired) electrons. The van der Waals surface area contributed by atoms with Crippen LogP contribution in [0.4, 0.5) is 5.69 Å². The van der Waals surface area contributed by atoms with Gasteiger partial charge < -0.3 is 10.1 Å². The van der Waals surface area contributed by atoms with Crippen LogP contribution in [0.1, 0.15) is 42.1 Å². The van der Waals surface area contributed by atoms with Crippen molar-refractivity contribution in [3.05, 3.63) is 53.6 Å². The van der Waals surface area contributed by atoms with Gasteiger partial charge in [-0.2, -0.15) is 0 Å². The lowest BCUT2D eigenvalue weighted by molar-refractivity contribution is 0.102. The molecule has 7 heteroatoms. The first-order valence-electron chi connectivity index (χ1n) is 8.96. The van der Waals surface area contributed by atoms with Crippen LogP contribution in [0.2, 0.25) is 0 Å². The predicted octanol–water partition coefficient (Wildman–Crippen LogP) is 3.72. The van der Waals surface area contributed by atoms with Gasteiger partial charge >= 0.3 is 0 Å². The van der Waals surface area contributed by atoms with Crippen LogP contribution in [-0.2, 0) is 10.0 Å². The minimum atomic E-state index is -3.59. The fourth-order valence-electron chi connectivity index (χ4n) is 2.53. The van der Waals surface area contributed by atoms with E-state index in [2.05, 4.69) is 17.0 Å². The van der Waals surface area contributed by atoms with Crippen LogP contribution in [0.15, 0.2) is 47.4 Å². The Kier molecular flexibility index (Phi) is 7.38. The smallest absolute Gasteiger partial charge is 0.255 e. The maximum atomic E-state index is 12.4. The Bertz CT molecular complexity index is 877. The van der Waals surface area contributed by atoms with E-state index in [4.69, 9.17) is 4.74 Å². The summed E-state index contributed by atoms with van der Waals surface area (Å²) in [6, 6.07) is 11.7. The topological polar surface area (TPSA) is 84.5 Å². The van der Waals surface area contributed by atoms with E-state index in [1.54, 1.807) is 43.3 Å². The van der Waals surface area contributed by atoms with Gasteiger partial charge in [0.2, 0.25) is 10.0 Å². The molecular weight excluding hydrogens is 364 g/mol. The molecule has 0 unspecified atom stereocenters. The molecule has 0 saturated heterocycles. The Hall–Kier alpha value is -2.38. The number of carbonyl (C=O) groups excluding carboxylic acids is 1. The third-order valence-corrected chi connectivity index (χ3v) is 5.69. The van der Waals surface area contributed by atoms with Crippen LogP contribution in [0, 0.1) is 6.92 Å². The Balaban J connectivity index is 2.06. The predicted molar refractivity (Wildman–Crippen MR) is 107 cm³/mol. The standard InChI is InChI=1S/C20H26N2O4S/c1-4-5-6-13-26-18-11-8-16(9-12-18)20(23)22-17-10-7-15(2)19(14-17)27(24,25)21-3/h7-12,14,21H,4-6,13H2,1-3H3,(H,22,23). The molecule has 1 amide bonds. The second-order valence-corrected chi connectivity index (χ2v) is 8.08. The number of anilines is 1. The number of hydrogen-bond acceptors (Lipinski definition) is 4. The third kappa shape index (κ3) is 5.80. The molecule has 0 aromatic heterocycles. The summed E-state index contributed by atoms with van der Waals surface area (Å²) in [6.07, 6.45) is 3.27. The zero-order valence-electron chi connectivity index (χ0n) is 15.9. The fourth-order valence-corrected chi connectivity index (χ4v) is 3.52. The number of nitrogens with one attached hydrogen (secondary N) is 2. The fraction of sp³-hybridized carbons (Fsp3) is 0.350. The van der Waals surface area contributed by atoms with Crippen LogP contribution in [-0.4, -0.2) is 28.0 Å². The first kappa shape index (κ1) is 20.9. The summed E-state index contributed by atoms with van der Waals surface area (Å²) in [4.78, 5) is 12.6. The lowest BCUT2D eigenvalue weighted by Crippen LogP contribution is -2.20. The lowest BCUT2D eigenvalue weighted by Gasteiger charge is -2.11. The van der Waals surface area contributed by atoms with E-state index < -0.39 is 10.0 Å². The number of unbranched alkanes of at least 4 members (excludes halogenated alkanes) is 2. The van der Waals surface area contributed by atoms with Crippen LogP contribution >= 0.6 is 0 Å². The van der Waals surface area contributed by atoms with E-state index >= 15 is 0 Å². The average molecular weight is 391 g/mol. The molecule has 0 aliphatic carbocycles. The van der Waals surface area contributed by atoms with Crippen molar-refractivity contribution in [2.75, 3.05) is 19.0 Å². The second kappa shape index (κ2) is 9.53. The zero-order valence-corrected chi connectivity index (χ0v) is 16.7. The number of carbonyl (C=O) groups is 1. The number of aryl methyl sites for hydroxylation is 1. The largest absolute Gasteiger partial charge is 0.494 e. The van der Waals surface area contributed by atoms with Gasteiger partial charge in [-0.25, -0.2) is 13.1 Å². The molecule has 0 aliphatic heterocycles. The molecule has 2 N–H and O–H groups in total. The summed E-state index contributed by atoms with van der Waals surface area (Å²) in [6.45, 7) is 4.50. The third-order valence-electron chi connectivity index (χ3n) is 4.14. The van der Waals surface area contributed by atoms with Crippen molar-refractivity contribution in [3.63, 3.8) is 0 Å². The van der Waals surface area contributed by atoms with Gasteiger partial charge in [0.25, 0.3) is 5.91 Å². The average Bonchev–Trinajstić information content (AvgIpc) is 2.67. The molecule has 2 aromatic carbocycles. The Morgan fingerprint density at radius 3 is 2.41 bits per heavy atom. The van der Waals surface area contributed by atoms with Crippen LogP contribution in [0.25, 0.3) is 0 Å². The van der Waals surface area contributed by atoms with Crippen molar-refractivity contribution >= 4 is 21.6 Å². The van der Waals surface area contributed by atoms with Crippen LogP contribution in [0.5, 0.6) is 5.75 Å². The SMILES string of the molecule is CCCCCOc1ccc(C(=O)Nc2ccc(C)c(S(=O)(=O)NC)c2)cc1. The van der Waals surface area contributed by atoms with Crippen molar-refractivity contribution in [3.8, 4) is 5.75 Å². The number of rotatable bonds is 9. The van der Waals surface area contributed by atoms with Gasteiger partial charge in [-0.15, -0.1) is 0 Å². The molecule has 27 heavy (non-hydrogen) atoms. The van der Waals surface area contributed by atoms with Crippen molar-refractivity contribution in [2.24, 2.45) is 0 Å². The molecule has 2 aromatic rings. The zero-order chi connectivity index (χ0) is 19.9. The normalized spacial score (nSPS) is 11.2. The highest BCUT2D eigenvalue weighted by molar-refractivity contribution is 7.89. The van der Waals surface area contributed by atoms with E-state index in [0.717, 1.165) is 25.0 Å². The maximum Gasteiger partial charge on any atom is 0.255 e. The molecule has 6 nitrogen and oxygen atoms in total. The molecule has 0 saturated carbocycles. The monoisotopic (exact) mass is 390 g/mol. The van der Waals surface area contributed by atoms with E-state index in [9.17, 15) is 13.2 Å². The van der Waals surface area contributed by atoms with Crippen molar-refractivity contribution in [2.45, 2.75) is 38.0 Å². The van der Waals surface area contributed by atoms with Gasteiger partial charge in [0.05, 0.1) is 11.5 Å². The van der Waals surface area contributed by atoms with Gasteiger partial charge in [0.15, 0.2) is 0 Å². The van der Waals surface area contributed by atoms with Crippen LogP contribution in [0.3, 0.4) is 0 Å². The van der Waals surface area contributed by atoms with E-state index in [1.807, 2.05) is 0 Å². The Morgan fingerprint density at radius 1 is 1.07 bits per heavy atom. The number of benzene rings is 2. The minimum Gasteiger partial charge on any atom is -0.494 e. The van der Waals surface area contributed by atoms with E-state index in [1.165, 1.54) is 13.1 Å². The summed E-state index contributed by atoms with van der Waals surface area (Å²) in [5, 5.41) is 2.73. The summed E-state index contributed by atoms with van der Waals surface area (Å²) >= 11 is 0. The van der Waals surface area contributed by atoms with Gasteiger partial charge in [-0.05, 0) is 62.4 Å². The van der Waals surface area contributed by atoms with Crippen LogP contribution < -0.4 is 14.8 Å². The number of hydrogen-bond donors (Lipinski definition) is 2. The number of ether oxygens (including phenoxy) is 1. The van der Waals surface area contributed by atoms with Crippen molar-refractivity contribution in [1.29, 1.82) is 0 Å². The molecule has 146 valence electrons. The highest BCUT2D eigenvalue weighted by Crippen LogP contribution is 2.21. The second-order valence-electron chi connectivity index (χ2n) is 6.22. The van der Waals surface area contributed by atoms with Gasteiger partial charge in [-0.1, -0.05) is 25.8 Å². The molecule has 0 aliphatic rings. The van der Waals surface area contributed by atoms with Gasteiger partial charge in [0.1, 0.15) is 5.75 Å². The van der Waals surface area contributed by atoms with E-state index in [0.29, 0.717) is 23.4 Å². The molecule has 0 fully saturated rings. The first-order valence-corrected chi connectivity index (χ1v) is 10.4. The quantitative estimate of drug-likeness (QED) is 0.639. The Labute approximate surface area is 161 Å². The van der Waals surface area contributed by atoms with Gasteiger partial charge in [-0.3, -0.25) is 4.79 Å². The summed E-state index contributed by atoms with van der Waals surface area (Å²) in [5.74, 6) is 0.407. The number of amides is 1. The molecule has 2 rings (SSSR count). The maximum absolute atomic E-state index is 12.4. The first-order chi connectivity index (χ1) is 12.9. The molecular formula is C20H26N2O4S. The Morgan fingerprint density at radius 2 is 1.78 bits per heavy atom. The summed E-state index contributed by atoms with van der Waals surface area (Å²) in [5.41, 5.74) is 1.49. The molecule has 0 atom stereocenters. The highest BCUT2D eigenvalue weighted by atomic mass is 32.2. The molecule has 0 heterocycles. The van der Waals surface area contributed by atoms with E-state index in [-0.39, 0.29) is 10.8 Å². The highest BCUT2D eigenvalue weighted by Gasteiger charge is 2.16. The summed E-state index contributed by atoms with van der Waals surface area (Å²) in [7, 11) is -2.24. The number of sulfonamides is 1.